The molecule has 0 saturated carbocycles. The molecule has 1 spiro atoms. The van der Waals surface area contributed by atoms with Crippen LogP contribution in [0.2, 0.25) is 0 Å². The van der Waals surface area contributed by atoms with E-state index in [1.807, 2.05) is 6.92 Å². The summed E-state index contributed by atoms with van der Waals surface area (Å²) in [6.07, 6.45) is 1.95. The Bertz CT molecular complexity index is 875. The molecule has 2 unspecified atom stereocenters. The number of rotatable bonds is 9. The molecule has 0 aromatic heterocycles. The van der Waals surface area contributed by atoms with Crippen molar-refractivity contribution in [3.63, 3.8) is 0 Å². The van der Waals surface area contributed by atoms with Crippen LogP contribution < -0.4 is 15.4 Å². The number of carbonyl (C=O) groups is 3. The van der Waals surface area contributed by atoms with Crippen LogP contribution >= 0.6 is 0 Å². The van der Waals surface area contributed by atoms with Crippen molar-refractivity contribution in [1.29, 1.82) is 0 Å². The largest absolute Gasteiger partial charge is 0.497 e. The number of hydrogen-bond donors (Lipinski definition) is 3. The topological polar surface area (TPSA) is 117 Å². The molecule has 4 rings (SSSR count). The van der Waals surface area contributed by atoms with E-state index >= 15 is 0 Å². The highest BCUT2D eigenvalue weighted by Gasteiger charge is 2.74. The number of ether oxygens (including phenoxy) is 2. The summed E-state index contributed by atoms with van der Waals surface area (Å²) in [4.78, 5) is 41.4. The Hall–Kier alpha value is -2.65. The first-order chi connectivity index (χ1) is 15.5. The Morgan fingerprint density at radius 3 is 2.69 bits per heavy atom. The number of nitrogens with one attached hydrogen (secondary N) is 2. The number of benzene rings is 1. The molecule has 9 heteroatoms. The van der Waals surface area contributed by atoms with Crippen molar-refractivity contribution in [3.8, 4) is 5.75 Å². The summed E-state index contributed by atoms with van der Waals surface area (Å²) in [5, 5.41) is 15.1. The molecule has 32 heavy (non-hydrogen) atoms. The van der Waals surface area contributed by atoms with Gasteiger partial charge in [-0.15, -0.1) is 0 Å². The highest BCUT2D eigenvalue weighted by atomic mass is 16.5. The normalized spacial score (nSPS) is 30.3. The molecule has 3 aliphatic heterocycles. The van der Waals surface area contributed by atoms with Gasteiger partial charge in [0.05, 0.1) is 25.0 Å². The lowest BCUT2D eigenvalue weighted by molar-refractivity contribution is -0.141. The number of hydrogen-bond acceptors (Lipinski definition) is 6. The van der Waals surface area contributed by atoms with Crippen molar-refractivity contribution >= 4 is 23.4 Å². The van der Waals surface area contributed by atoms with Gasteiger partial charge in [0.2, 0.25) is 17.7 Å². The van der Waals surface area contributed by atoms with Gasteiger partial charge in [-0.05, 0) is 49.9 Å². The lowest BCUT2D eigenvalue weighted by atomic mass is 9.70. The highest BCUT2D eigenvalue weighted by Crippen LogP contribution is 2.58. The van der Waals surface area contributed by atoms with E-state index in [0.717, 1.165) is 6.42 Å². The zero-order chi connectivity index (χ0) is 22.9. The number of carbonyl (C=O) groups excluding carboxylic acids is 3. The van der Waals surface area contributed by atoms with Gasteiger partial charge in [-0.3, -0.25) is 14.4 Å². The third-order valence-electron chi connectivity index (χ3n) is 6.82. The van der Waals surface area contributed by atoms with Gasteiger partial charge in [0.1, 0.15) is 17.4 Å². The Balaban J connectivity index is 1.63. The van der Waals surface area contributed by atoms with Crippen LogP contribution in [0.1, 0.15) is 32.6 Å². The molecule has 1 aromatic carbocycles. The fourth-order valence-electron chi connectivity index (χ4n) is 5.49. The summed E-state index contributed by atoms with van der Waals surface area (Å²) in [5.74, 6) is -1.40. The predicted molar refractivity (Wildman–Crippen MR) is 116 cm³/mol. The fraction of sp³-hybridized carbons (Fsp3) is 0.609. The van der Waals surface area contributed by atoms with E-state index in [0.29, 0.717) is 37.2 Å². The second-order valence-corrected chi connectivity index (χ2v) is 8.67. The SMILES string of the molecule is CCCNC(=O)[C@@H]1[C@@H]2CCC3(O2)C(C(=O)Nc2ccc(OC)cc2)N(CCCO)C(=O)[C@H]13. The molecule has 3 fully saturated rings. The van der Waals surface area contributed by atoms with E-state index in [1.54, 1.807) is 31.4 Å². The number of fused-ring (bicyclic) bond motifs is 1. The average Bonchev–Trinajstić information content (AvgIpc) is 3.43. The number of anilines is 1. The van der Waals surface area contributed by atoms with Crippen LogP contribution in [0.3, 0.4) is 0 Å². The van der Waals surface area contributed by atoms with Gasteiger partial charge in [0.25, 0.3) is 0 Å². The number of likely N-dealkylation sites (tertiary alicyclic amines) is 1. The first-order valence-corrected chi connectivity index (χ1v) is 11.3. The maximum absolute atomic E-state index is 13.5. The van der Waals surface area contributed by atoms with E-state index in [9.17, 15) is 19.5 Å². The van der Waals surface area contributed by atoms with Crippen LogP contribution in [-0.2, 0) is 19.1 Å². The molecule has 0 radical (unpaired) electrons. The van der Waals surface area contributed by atoms with Gasteiger partial charge >= 0.3 is 0 Å². The van der Waals surface area contributed by atoms with Crippen LogP contribution in [0.4, 0.5) is 5.69 Å². The smallest absolute Gasteiger partial charge is 0.250 e. The first kappa shape index (κ1) is 22.5. The Kier molecular flexibility index (Phi) is 6.39. The molecule has 174 valence electrons. The van der Waals surface area contributed by atoms with Crippen LogP contribution in [0, 0.1) is 11.8 Å². The number of nitrogens with zero attached hydrogens (tertiary/aromatic N) is 1. The number of aliphatic hydroxyl groups excluding tert-OH is 1. The van der Waals surface area contributed by atoms with Gasteiger partial charge in [0, 0.05) is 25.4 Å². The second kappa shape index (κ2) is 9.07. The Morgan fingerprint density at radius 2 is 2.03 bits per heavy atom. The van der Waals surface area contributed by atoms with Crippen molar-refractivity contribution in [1.82, 2.24) is 10.2 Å². The van der Waals surface area contributed by atoms with Gasteiger partial charge in [-0.25, -0.2) is 0 Å². The first-order valence-electron chi connectivity index (χ1n) is 11.3. The lowest BCUT2D eigenvalue weighted by Crippen LogP contribution is -2.53. The number of methoxy groups -OCH3 is 1. The molecule has 3 amide bonds. The fourth-order valence-corrected chi connectivity index (χ4v) is 5.49. The zero-order valence-electron chi connectivity index (χ0n) is 18.5. The average molecular weight is 446 g/mol. The summed E-state index contributed by atoms with van der Waals surface area (Å²) < 4.78 is 11.5. The van der Waals surface area contributed by atoms with Crippen molar-refractivity contribution < 1.29 is 29.0 Å². The molecular weight excluding hydrogens is 414 g/mol. The lowest BCUT2D eigenvalue weighted by Gasteiger charge is -2.33. The van der Waals surface area contributed by atoms with Crippen molar-refractivity contribution in [2.75, 3.05) is 32.1 Å². The third-order valence-corrected chi connectivity index (χ3v) is 6.82. The minimum atomic E-state index is -1.03. The van der Waals surface area contributed by atoms with Crippen LogP contribution in [0.5, 0.6) is 5.75 Å². The second-order valence-electron chi connectivity index (χ2n) is 8.67. The molecule has 3 heterocycles. The molecule has 0 aliphatic carbocycles. The Morgan fingerprint density at radius 1 is 1.28 bits per heavy atom. The molecule has 2 bridgehead atoms. The minimum absolute atomic E-state index is 0.0990. The highest BCUT2D eigenvalue weighted by molar-refractivity contribution is 6.03. The van der Waals surface area contributed by atoms with Crippen molar-refractivity contribution in [3.05, 3.63) is 24.3 Å². The van der Waals surface area contributed by atoms with E-state index < -0.39 is 23.5 Å². The van der Waals surface area contributed by atoms with Crippen LogP contribution in [-0.4, -0.2) is 72.3 Å². The summed E-state index contributed by atoms with van der Waals surface area (Å²) in [6.45, 7) is 2.63. The minimum Gasteiger partial charge on any atom is -0.497 e. The molecular formula is C23H31N3O6. The van der Waals surface area contributed by atoms with E-state index in [4.69, 9.17) is 9.47 Å². The van der Waals surface area contributed by atoms with E-state index in [1.165, 1.54) is 4.90 Å². The van der Waals surface area contributed by atoms with Gasteiger partial charge in [-0.2, -0.15) is 0 Å². The summed E-state index contributed by atoms with van der Waals surface area (Å²) in [6, 6.07) is 6.09. The molecule has 1 aromatic rings. The summed E-state index contributed by atoms with van der Waals surface area (Å²) in [5.41, 5.74) is -0.447. The van der Waals surface area contributed by atoms with Gasteiger partial charge in [0.15, 0.2) is 0 Å². The summed E-state index contributed by atoms with van der Waals surface area (Å²) in [7, 11) is 1.57. The van der Waals surface area contributed by atoms with Crippen molar-refractivity contribution in [2.24, 2.45) is 11.8 Å². The van der Waals surface area contributed by atoms with Crippen LogP contribution in [0.15, 0.2) is 24.3 Å². The monoisotopic (exact) mass is 445 g/mol. The Labute approximate surface area is 187 Å². The quantitative estimate of drug-likeness (QED) is 0.520. The zero-order valence-corrected chi connectivity index (χ0v) is 18.5. The van der Waals surface area contributed by atoms with E-state index in [2.05, 4.69) is 10.6 Å². The predicted octanol–water partition coefficient (Wildman–Crippen LogP) is 0.917. The number of aliphatic hydroxyl groups is 1. The van der Waals surface area contributed by atoms with Gasteiger partial charge in [-0.1, -0.05) is 6.92 Å². The number of amides is 3. The van der Waals surface area contributed by atoms with Gasteiger partial charge < -0.3 is 30.1 Å². The molecule has 3 aliphatic rings. The molecule has 3 N–H and O–H groups in total. The molecule has 9 nitrogen and oxygen atoms in total. The molecule has 3 saturated heterocycles. The molecule has 5 atom stereocenters. The third kappa shape index (κ3) is 3.63. The van der Waals surface area contributed by atoms with E-state index in [-0.39, 0.29) is 37.0 Å². The summed E-state index contributed by atoms with van der Waals surface area (Å²) >= 11 is 0. The van der Waals surface area contributed by atoms with Crippen molar-refractivity contribution in [2.45, 2.75) is 50.4 Å². The van der Waals surface area contributed by atoms with Crippen LogP contribution in [0.25, 0.3) is 0 Å². The standard InChI is InChI=1S/C23H31N3O6/c1-3-11-24-20(28)17-16-9-10-23(32-16)18(17)22(30)26(12-4-13-27)19(23)21(29)25-14-5-7-15(31-2)8-6-14/h5-8,16-19,27H,3-4,9-13H2,1-2H3,(H,24,28)(H,25,29)/t16-,17+,18-,19?,23?/m0/s1. The maximum atomic E-state index is 13.5. The maximum Gasteiger partial charge on any atom is 0.250 e.